The van der Waals surface area contributed by atoms with Gasteiger partial charge in [0, 0.05) is 20.6 Å². The molecule has 0 aliphatic heterocycles. The lowest BCUT2D eigenvalue weighted by atomic mass is 10.5. The summed E-state index contributed by atoms with van der Waals surface area (Å²) in [5, 5.41) is 10.2. The molecule has 0 aromatic carbocycles. The molecule has 5 heteroatoms. The van der Waals surface area contributed by atoms with Crippen molar-refractivity contribution in [3.8, 4) is 0 Å². The van der Waals surface area contributed by atoms with Crippen molar-refractivity contribution in [2.24, 2.45) is 12.1 Å². The fourth-order valence-corrected chi connectivity index (χ4v) is 1.25. The van der Waals surface area contributed by atoms with Crippen LogP contribution in [0.4, 0.5) is 0 Å². The summed E-state index contributed by atoms with van der Waals surface area (Å²) in [5.74, 6) is 0. The molecular formula is C8H13BrN4. The summed E-state index contributed by atoms with van der Waals surface area (Å²) >= 11 is 3.40. The fraction of sp³-hybridized carbons (Fsp3) is 0.500. The Morgan fingerprint density at radius 3 is 2.92 bits per heavy atom. The maximum Gasteiger partial charge on any atom is 0.0949 e. The molecule has 1 aromatic rings. The van der Waals surface area contributed by atoms with E-state index in [1.165, 1.54) is 0 Å². The van der Waals surface area contributed by atoms with Gasteiger partial charge in [-0.25, -0.2) is 0 Å². The Bertz CT molecular complexity index is 286. The smallest absolute Gasteiger partial charge is 0.0949 e. The second-order valence-corrected chi connectivity index (χ2v) is 3.57. The zero-order valence-corrected chi connectivity index (χ0v) is 9.61. The minimum Gasteiger partial charge on any atom is -0.300 e. The van der Waals surface area contributed by atoms with Crippen LogP contribution in [0.3, 0.4) is 0 Å². The van der Waals surface area contributed by atoms with Gasteiger partial charge < -0.3 is 5.01 Å². The summed E-state index contributed by atoms with van der Waals surface area (Å²) < 4.78 is 2.74. The molecule has 0 saturated carbocycles. The van der Waals surface area contributed by atoms with Crippen molar-refractivity contribution < 1.29 is 0 Å². The Labute approximate surface area is 86.4 Å². The highest BCUT2D eigenvalue weighted by atomic mass is 79.9. The first-order valence-corrected chi connectivity index (χ1v) is 4.87. The molecule has 0 aliphatic rings. The van der Waals surface area contributed by atoms with Gasteiger partial charge in [-0.2, -0.15) is 10.2 Å². The Balaban J connectivity index is 2.78. The highest BCUT2D eigenvalue weighted by Crippen LogP contribution is 2.12. The normalized spacial score (nSPS) is 11.1. The lowest BCUT2D eigenvalue weighted by molar-refractivity contribution is 0.377. The van der Waals surface area contributed by atoms with Gasteiger partial charge in [0.15, 0.2) is 0 Å². The minimum atomic E-state index is 0.895. The maximum absolute atomic E-state index is 4.22. The number of hydrogen-bond acceptors (Lipinski definition) is 3. The molecule has 1 aromatic heterocycles. The number of nitrogens with zero attached hydrogens (tertiary/aromatic N) is 4. The average Bonchev–Trinajstić information content (AvgIpc) is 2.43. The van der Waals surface area contributed by atoms with Gasteiger partial charge in [0.25, 0.3) is 0 Å². The predicted molar refractivity (Wildman–Crippen MR) is 56.8 cm³/mol. The molecule has 4 nitrogen and oxygen atoms in total. The molecule has 0 spiro atoms. The highest BCUT2D eigenvalue weighted by Gasteiger charge is 2.01. The molecule has 1 rings (SSSR count). The van der Waals surface area contributed by atoms with Crippen molar-refractivity contribution in [3.63, 3.8) is 0 Å². The van der Waals surface area contributed by atoms with Gasteiger partial charge in [-0.3, -0.25) is 4.68 Å². The van der Waals surface area contributed by atoms with Crippen molar-refractivity contribution in [2.75, 3.05) is 13.6 Å². The lowest BCUT2D eigenvalue weighted by Gasteiger charge is -2.07. The molecule has 72 valence electrons. The molecule has 0 bridgehead atoms. The Kier molecular flexibility index (Phi) is 3.48. The molecule has 0 saturated heterocycles. The van der Waals surface area contributed by atoms with E-state index in [0.29, 0.717) is 0 Å². The number of rotatable bonds is 3. The third-order valence-electron chi connectivity index (χ3n) is 1.77. The molecule has 0 atom stereocenters. The van der Waals surface area contributed by atoms with Crippen LogP contribution in [0.15, 0.2) is 15.8 Å². The Morgan fingerprint density at radius 1 is 1.77 bits per heavy atom. The van der Waals surface area contributed by atoms with Gasteiger partial charge in [0.05, 0.1) is 22.6 Å². The SMILES string of the molecule is CCN(C)/N=C/c1c(Br)cnn1C. The first kappa shape index (κ1) is 10.2. The molecule has 0 unspecified atom stereocenters. The summed E-state index contributed by atoms with van der Waals surface area (Å²) in [6.45, 7) is 2.95. The second kappa shape index (κ2) is 4.41. The first-order valence-electron chi connectivity index (χ1n) is 4.07. The summed E-state index contributed by atoms with van der Waals surface area (Å²) in [6, 6.07) is 0. The predicted octanol–water partition coefficient (Wildman–Crippen LogP) is 1.47. The van der Waals surface area contributed by atoms with Crippen LogP contribution in [-0.4, -0.2) is 34.6 Å². The van der Waals surface area contributed by atoms with Gasteiger partial charge in [0.2, 0.25) is 0 Å². The zero-order chi connectivity index (χ0) is 9.84. The largest absolute Gasteiger partial charge is 0.300 e. The second-order valence-electron chi connectivity index (χ2n) is 2.72. The van der Waals surface area contributed by atoms with Crippen LogP contribution < -0.4 is 0 Å². The summed E-state index contributed by atoms with van der Waals surface area (Å²) in [7, 11) is 3.82. The van der Waals surface area contributed by atoms with E-state index in [2.05, 4.69) is 33.1 Å². The van der Waals surface area contributed by atoms with Gasteiger partial charge >= 0.3 is 0 Å². The molecule has 1 heterocycles. The van der Waals surface area contributed by atoms with Gasteiger partial charge in [-0.15, -0.1) is 0 Å². The highest BCUT2D eigenvalue weighted by molar-refractivity contribution is 9.10. The standard InChI is InChI=1S/C8H13BrN4/c1-4-12(2)10-6-8-7(9)5-11-13(8)3/h5-6H,4H2,1-3H3/b10-6+. The van der Waals surface area contributed by atoms with Crippen LogP contribution in [0.5, 0.6) is 0 Å². The van der Waals surface area contributed by atoms with Crippen molar-refractivity contribution in [1.82, 2.24) is 14.8 Å². The zero-order valence-electron chi connectivity index (χ0n) is 8.03. The molecule has 0 aliphatic carbocycles. The summed E-state index contributed by atoms with van der Waals surface area (Å²) in [4.78, 5) is 0. The summed E-state index contributed by atoms with van der Waals surface area (Å²) in [6.07, 6.45) is 3.55. The van der Waals surface area contributed by atoms with Gasteiger partial charge in [-0.05, 0) is 22.9 Å². The van der Waals surface area contributed by atoms with E-state index in [1.54, 1.807) is 17.1 Å². The number of hydrazone groups is 1. The molecule has 13 heavy (non-hydrogen) atoms. The van der Waals surface area contributed by atoms with Crippen LogP contribution in [-0.2, 0) is 7.05 Å². The van der Waals surface area contributed by atoms with E-state index in [0.717, 1.165) is 16.7 Å². The third-order valence-corrected chi connectivity index (χ3v) is 2.38. The minimum absolute atomic E-state index is 0.895. The topological polar surface area (TPSA) is 33.4 Å². The molecule has 0 amide bonds. The number of aryl methyl sites for hydroxylation is 1. The lowest BCUT2D eigenvalue weighted by Crippen LogP contribution is -2.10. The monoisotopic (exact) mass is 244 g/mol. The number of aromatic nitrogens is 2. The maximum atomic E-state index is 4.22. The van der Waals surface area contributed by atoms with Crippen LogP contribution in [0.25, 0.3) is 0 Å². The van der Waals surface area contributed by atoms with Crippen LogP contribution in [0, 0.1) is 0 Å². The third kappa shape index (κ3) is 2.55. The van der Waals surface area contributed by atoms with Gasteiger partial charge in [0.1, 0.15) is 0 Å². The molecule has 0 fully saturated rings. The van der Waals surface area contributed by atoms with Crippen LogP contribution in [0.1, 0.15) is 12.6 Å². The fourth-order valence-electron chi connectivity index (χ4n) is 0.800. The van der Waals surface area contributed by atoms with Crippen LogP contribution >= 0.6 is 15.9 Å². The Hall–Kier alpha value is -0.840. The van der Waals surface area contributed by atoms with E-state index in [-0.39, 0.29) is 0 Å². The molecule has 0 radical (unpaired) electrons. The Morgan fingerprint density at radius 2 is 2.46 bits per heavy atom. The van der Waals surface area contributed by atoms with Crippen molar-refractivity contribution >= 4 is 22.1 Å². The summed E-state index contributed by atoms with van der Waals surface area (Å²) in [5.41, 5.74) is 0.973. The van der Waals surface area contributed by atoms with E-state index >= 15 is 0 Å². The van der Waals surface area contributed by atoms with Crippen molar-refractivity contribution in [2.45, 2.75) is 6.92 Å². The van der Waals surface area contributed by atoms with E-state index in [4.69, 9.17) is 0 Å². The number of halogens is 1. The van der Waals surface area contributed by atoms with Crippen molar-refractivity contribution in [3.05, 3.63) is 16.4 Å². The molecular weight excluding hydrogens is 232 g/mol. The molecule has 0 N–H and O–H groups in total. The van der Waals surface area contributed by atoms with Crippen molar-refractivity contribution in [1.29, 1.82) is 0 Å². The quantitative estimate of drug-likeness (QED) is 0.596. The van der Waals surface area contributed by atoms with E-state index in [1.807, 2.05) is 19.1 Å². The average molecular weight is 245 g/mol. The number of hydrogen-bond donors (Lipinski definition) is 0. The van der Waals surface area contributed by atoms with Gasteiger partial charge in [-0.1, -0.05) is 0 Å². The van der Waals surface area contributed by atoms with E-state index < -0.39 is 0 Å². The van der Waals surface area contributed by atoms with E-state index in [9.17, 15) is 0 Å². The first-order chi connectivity index (χ1) is 6.15. The van der Waals surface area contributed by atoms with Crippen LogP contribution in [0.2, 0.25) is 0 Å².